The maximum atomic E-state index is 12.1. The third-order valence-electron chi connectivity index (χ3n) is 5.13. The van der Waals surface area contributed by atoms with Gasteiger partial charge >= 0.3 is 0 Å². The Balaban J connectivity index is 1.52. The number of carbonyl (C=O) groups is 1. The van der Waals surface area contributed by atoms with Crippen LogP contribution in [-0.2, 0) is 17.8 Å². The van der Waals surface area contributed by atoms with Gasteiger partial charge in [0.2, 0.25) is 0 Å². The maximum Gasteiger partial charge on any atom is 0.277 e. The lowest BCUT2D eigenvalue weighted by molar-refractivity contribution is -0.123. The Bertz CT molecular complexity index is 1150. The lowest BCUT2D eigenvalue weighted by Crippen LogP contribution is -2.24. The Kier molecular flexibility index (Phi) is 9.52. The third kappa shape index (κ3) is 7.35. The topological polar surface area (TPSA) is 69.2 Å². The molecule has 0 radical (unpaired) electrons. The number of halogens is 1. The molecule has 0 unspecified atom stereocenters. The van der Waals surface area contributed by atoms with E-state index in [4.69, 9.17) is 14.2 Å². The van der Waals surface area contributed by atoms with E-state index in [1.54, 1.807) is 19.4 Å². The first-order valence-corrected chi connectivity index (χ1v) is 11.9. The van der Waals surface area contributed by atoms with E-state index in [0.29, 0.717) is 23.9 Å². The second kappa shape index (κ2) is 12.8. The minimum atomic E-state index is -0.356. The molecule has 34 heavy (non-hydrogen) atoms. The van der Waals surface area contributed by atoms with Gasteiger partial charge < -0.3 is 14.2 Å². The lowest BCUT2D eigenvalue weighted by atomic mass is 10.1. The van der Waals surface area contributed by atoms with E-state index in [-0.39, 0.29) is 12.5 Å². The SMILES string of the molecule is CCCc1ccc(OCC(=O)N/N=C/c2ccc(OCc3ccccc3C)c(OC)c2)c(Br)c1. The van der Waals surface area contributed by atoms with Crippen LogP contribution < -0.4 is 19.6 Å². The number of nitrogens with one attached hydrogen (secondary N) is 1. The molecule has 1 amide bonds. The molecular weight excluding hydrogens is 496 g/mol. The molecule has 0 saturated carbocycles. The van der Waals surface area contributed by atoms with E-state index in [1.165, 1.54) is 11.1 Å². The van der Waals surface area contributed by atoms with Crippen molar-refractivity contribution in [2.24, 2.45) is 5.10 Å². The summed E-state index contributed by atoms with van der Waals surface area (Å²) in [6.45, 7) is 4.49. The number of benzene rings is 3. The first-order chi connectivity index (χ1) is 16.5. The zero-order valence-electron chi connectivity index (χ0n) is 19.6. The van der Waals surface area contributed by atoms with Gasteiger partial charge in [0.25, 0.3) is 5.91 Å². The summed E-state index contributed by atoms with van der Waals surface area (Å²) in [7, 11) is 1.59. The highest BCUT2D eigenvalue weighted by molar-refractivity contribution is 9.10. The highest BCUT2D eigenvalue weighted by Crippen LogP contribution is 2.29. The second-order valence-electron chi connectivity index (χ2n) is 7.72. The molecule has 0 saturated heterocycles. The van der Waals surface area contributed by atoms with Gasteiger partial charge in [0.05, 0.1) is 17.8 Å². The highest BCUT2D eigenvalue weighted by atomic mass is 79.9. The van der Waals surface area contributed by atoms with E-state index in [1.807, 2.05) is 48.5 Å². The van der Waals surface area contributed by atoms with Crippen molar-refractivity contribution in [1.82, 2.24) is 5.43 Å². The van der Waals surface area contributed by atoms with Gasteiger partial charge in [0.1, 0.15) is 12.4 Å². The molecule has 0 fully saturated rings. The molecule has 0 spiro atoms. The van der Waals surface area contributed by atoms with E-state index in [9.17, 15) is 4.79 Å². The molecule has 3 rings (SSSR count). The average Bonchev–Trinajstić information content (AvgIpc) is 2.83. The summed E-state index contributed by atoms with van der Waals surface area (Å²) in [6.07, 6.45) is 3.61. The number of hydrogen-bond acceptors (Lipinski definition) is 5. The van der Waals surface area contributed by atoms with Gasteiger partial charge in [0, 0.05) is 0 Å². The van der Waals surface area contributed by atoms with Crippen molar-refractivity contribution in [3.8, 4) is 17.2 Å². The molecular formula is C27H29BrN2O4. The van der Waals surface area contributed by atoms with Crippen LogP contribution in [0.25, 0.3) is 0 Å². The number of rotatable bonds is 11. The molecule has 0 aromatic heterocycles. The Morgan fingerprint density at radius 1 is 1.03 bits per heavy atom. The minimum Gasteiger partial charge on any atom is -0.493 e. The maximum absolute atomic E-state index is 12.1. The summed E-state index contributed by atoms with van der Waals surface area (Å²) < 4.78 is 17.8. The Morgan fingerprint density at radius 2 is 1.82 bits per heavy atom. The van der Waals surface area contributed by atoms with Crippen molar-refractivity contribution >= 4 is 28.1 Å². The zero-order valence-corrected chi connectivity index (χ0v) is 21.2. The van der Waals surface area contributed by atoms with Crippen molar-refractivity contribution in [3.63, 3.8) is 0 Å². The fourth-order valence-electron chi connectivity index (χ4n) is 3.27. The summed E-state index contributed by atoms with van der Waals surface area (Å²) in [5.74, 6) is 1.48. The van der Waals surface area contributed by atoms with E-state index in [2.05, 4.69) is 46.4 Å². The molecule has 3 aromatic carbocycles. The number of ether oxygens (including phenoxy) is 3. The summed E-state index contributed by atoms with van der Waals surface area (Å²) in [5.41, 5.74) is 6.74. The fraction of sp³-hybridized carbons (Fsp3) is 0.259. The predicted molar refractivity (Wildman–Crippen MR) is 138 cm³/mol. The molecule has 0 aliphatic carbocycles. The van der Waals surface area contributed by atoms with Crippen molar-refractivity contribution < 1.29 is 19.0 Å². The number of aryl methyl sites for hydroxylation is 2. The van der Waals surface area contributed by atoms with Crippen LogP contribution in [0.1, 0.15) is 35.6 Å². The summed E-state index contributed by atoms with van der Waals surface area (Å²) in [6, 6.07) is 19.4. The second-order valence-corrected chi connectivity index (χ2v) is 8.58. The standard InChI is InChI=1S/C27H29BrN2O4/c1-4-7-20-10-12-24(23(28)14-20)34-18-27(31)30-29-16-21-11-13-25(26(15-21)32-3)33-17-22-9-6-5-8-19(22)2/h5-6,8-16H,4,7,17-18H2,1-3H3,(H,30,31)/b29-16+. The molecule has 0 aliphatic heterocycles. The normalized spacial score (nSPS) is 10.8. The number of amides is 1. The largest absolute Gasteiger partial charge is 0.493 e. The van der Waals surface area contributed by atoms with Crippen LogP contribution in [0, 0.1) is 6.92 Å². The van der Waals surface area contributed by atoms with Crippen molar-refractivity contribution in [3.05, 3.63) is 87.4 Å². The number of methoxy groups -OCH3 is 1. The Morgan fingerprint density at radius 3 is 2.56 bits per heavy atom. The lowest BCUT2D eigenvalue weighted by Gasteiger charge is -2.12. The molecule has 6 nitrogen and oxygen atoms in total. The first kappa shape index (κ1) is 25.3. The van der Waals surface area contributed by atoms with Crippen molar-refractivity contribution in [2.75, 3.05) is 13.7 Å². The van der Waals surface area contributed by atoms with Crippen LogP contribution >= 0.6 is 15.9 Å². The van der Waals surface area contributed by atoms with Gasteiger partial charge in [-0.2, -0.15) is 5.10 Å². The molecule has 3 aromatic rings. The molecule has 7 heteroatoms. The number of hydrogen-bond donors (Lipinski definition) is 1. The monoisotopic (exact) mass is 524 g/mol. The third-order valence-corrected chi connectivity index (χ3v) is 5.75. The molecule has 0 atom stereocenters. The van der Waals surface area contributed by atoms with Gasteiger partial charge in [-0.05, 0) is 81.9 Å². The summed E-state index contributed by atoms with van der Waals surface area (Å²) >= 11 is 3.49. The number of nitrogens with zero attached hydrogens (tertiary/aromatic N) is 1. The van der Waals surface area contributed by atoms with Crippen LogP contribution in [0.15, 0.2) is 70.2 Å². The highest BCUT2D eigenvalue weighted by Gasteiger charge is 2.08. The van der Waals surface area contributed by atoms with Gasteiger partial charge in [-0.15, -0.1) is 0 Å². The smallest absolute Gasteiger partial charge is 0.277 e. The van der Waals surface area contributed by atoms with Crippen LogP contribution in [0.3, 0.4) is 0 Å². The van der Waals surface area contributed by atoms with Gasteiger partial charge in [-0.25, -0.2) is 5.43 Å². The van der Waals surface area contributed by atoms with Crippen LogP contribution in [-0.4, -0.2) is 25.8 Å². The molecule has 0 heterocycles. The molecule has 178 valence electrons. The van der Waals surface area contributed by atoms with Gasteiger partial charge in [-0.3, -0.25) is 4.79 Å². The van der Waals surface area contributed by atoms with Gasteiger partial charge in [0.15, 0.2) is 18.1 Å². The predicted octanol–water partition coefficient (Wildman–Crippen LogP) is 5.83. The average molecular weight is 525 g/mol. The zero-order chi connectivity index (χ0) is 24.3. The molecule has 0 bridgehead atoms. The molecule has 1 N–H and O–H groups in total. The van der Waals surface area contributed by atoms with Gasteiger partial charge in [-0.1, -0.05) is 43.7 Å². The van der Waals surface area contributed by atoms with E-state index in [0.717, 1.165) is 28.4 Å². The Hall–Kier alpha value is -3.32. The number of carbonyl (C=O) groups excluding carboxylic acids is 1. The minimum absolute atomic E-state index is 0.141. The number of hydrazone groups is 1. The Labute approximate surface area is 209 Å². The summed E-state index contributed by atoms with van der Waals surface area (Å²) in [5, 5.41) is 4.01. The molecule has 0 aliphatic rings. The van der Waals surface area contributed by atoms with E-state index >= 15 is 0 Å². The van der Waals surface area contributed by atoms with Crippen LogP contribution in [0.2, 0.25) is 0 Å². The van der Waals surface area contributed by atoms with Crippen LogP contribution in [0.4, 0.5) is 0 Å². The fourth-order valence-corrected chi connectivity index (χ4v) is 3.81. The first-order valence-electron chi connectivity index (χ1n) is 11.1. The van der Waals surface area contributed by atoms with Crippen molar-refractivity contribution in [1.29, 1.82) is 0 Å². The summed E-state index contributed by atoms with van der Waals surface area (Å²) in [4.78, 5) is 12.1. The quantitative estimate of drug-likeness (QED) is 0.253. The van der Waals surface area contributed by atoms with E-state index < -0.39 is 0 Å². The van der Waals surface area contributed by atoms with Crippen LogP contribution in [0.5, 0.6) is 17.2 Å². The van der Waals surface area contributed by atoms with Crippen molar-refractivity contribution in [2.45, 2.75) is 33.3 Å².